The third-order valence-electron chi connectivity index (χ3n) is 6.88. The van der Waals surface area contributed by atoms with E-state index in [1.165, 1.54) is 0 Å². The van der Waals surface area contributed by atoms with E-state index >= 15 is 0 Å². The van der Waals surface area contributed by atoms with Crippen LogP contribution in [0.15, 0.2) is 138 Å². The Labute approximate surface area is 238 Å². The van der Waals surface area contributed by atoms with Crippen molar-refractivity contribution in [2.75, 3.05) is 0 Å². The van der Waals surface area contributed by atoms with Gasteiger partial charge in [0.2, 0.25) is 5.95 Å². The van der Waals surface area contributed by atoms with E-state index in [2.05, 4.69) is 18.2 Å². The standard InChI is InChI=1S/C34H22N4O.C2H6/c39-33-28-19-11-10-18-27(28)29-22-26(23-12-4-1-5-13-23)20-21-30(29)38(33)34-36-31(24-14-6-2-7-15-24)35-32(37-34)25-16-8-3-9-17-25;1-2/h1-22H;1-2H3. The van der Waals surface area contributed by atoms with Crippen molar-refractivity contribution in [1.29, 1.82) is 0 Å². The smallest absolute Gasteiger partial charge is 0.265 e. The zero-order valence-electron chi connectivity index (χ0n) is 22.9. The number of pyridine rings is 1. The fourth-order valence-electron chi connectivity index (χ4n) is 4.99. The summed E-state index contributed by atoms with van der Waals surface area (Å²) in [5.74, 6) is 1.30. The van der Waals surface area contributed by atoms with Gasteiger partial charge in [0.15, 0.2) is 11.6 Å². The zero-order chi connectivity index (χ0) is 28.2. The fourth-order valence-corrected chi connectivity index (χ4v) is 4.99. The highest BCUT2D eigenvalue weighted by atomic mass is 16.1. The van der Waals surface area contributed by atoms with Crippen LogP contribution in [0.4, 0.5) is 0 Å². The molecule has 7 aromatic rings. The molecular weight excluding hydrogens is 504 g/mol. The molecule has 2 heterocycles. The molecule has 41 heavy (non-hydrogen) atoms. The molecule has 0 aliphatic carbocycles. The molecule has 0 aliphatic heterocycles. The second-order valence-corrected chi connectivity index (χ2v) is 9.30. The van der Waals surface area contributed by atoms with Gasteiger partial charge >= 0.3 is 0 Å². The topological polar surface area (TPSA) is 60.7 Å². The molecule has 0 amide bonds. The number of aromatic nitrogens is 4. The van der Waals surface area contributed by atoms with E-state index in [-0.39, 0.29) is 11.5 Å². The zero-order valence-corrected chi connectivity index (χ0v) is 22.9. The van der Waals surface area contributed by atoms with Crippen LogP contribution in [0.5, 0.6) is 0 Å². The molecular formula is C36H28N4O. The Morgan fingerprint density at radius 2 is 0.951 bits per heavy atom. The maximum Gasteiger partial charge on any atom is 0.265 e. The third kappa shape index (κ3) is 4.90. The molecule has 7 rings (SSSR count). The second kappa shape index (κ2) is 11.4. The van der Waals surface area contributed by atoms with Crippen molar-refractivity contribution in [2.45, 2.75) is 13.8 Å². The molecule has 0 unspecified atom stereocenters. The van der Waals surface area contributed by atoms with Crippen molar-refractivity contribution < 1.29 is 0 Å². The number of fused-ring (bicyclic) bond motifs is 3. The average molecular weight is 533 g/mol. The van der Waals surface area contributed by atoms with Crippen LogP contribution in [0.3, 0.4) is 0 Å². The second-order valence-electron chi connectivity index (χ2n) is 9.30. The molecule has 0 saturated carbocycles. The summed E-state index contributed by atoms with van der Waals surface area (Å²) in [6, 6.07) is 43.6. The van der Waals surface area contributed by atoms with Gasteiger partial charge in [-0.05, 0) is 34.7 Å². The van der Waals surface area contributed by atoms with Crippen LogP contribution in [-0.2, 0) is 0 Å². The maximum atomic E-state index is 14.1. The molecule has 0 aliphatic rings. The lowest BCUT2D eigenvalue weighted by Gasteiger charge is -2.15. The van der Waals surface area contributed by atoms with E-state index in [1.807, 2.05) is 129 Å². The van der Waals surface area contributed by atoms with E-state index in [0.717, 1.165) is 38.5 Å². The number of hydrogen-bond donors (Lipinski definition) is 0. The van der Waals surface area contributed by atoms with E-state index < -0.39 is 0 Å². The highest BCUT2D eigenvalue weighted by molar-refractivity contribution is 6.07. The largest absolute Gasteiger partial charge is 0.268 e. The Balaban J connectivity index is 0.00000148. The Hall–Kier alpha value is -5.42. The van der Waals surface area contributed by atoms with Crippen LogP contribution < -0.4 is 5.56 Å². The molecule has 5 heteroatoms. The van der Waals surface area contributed by atoms with Crippen molar-refractivity contribution in [3.63, 3.8) is 0 Å². The first-order valence-electron chi connectivity index (χ1n) is 13.8. The Kier molecular flexibility index (Phi) is 7.16. The summed E-state index contributed by atoms with van der Waals surface area (Å²) < 4.78 is 1.62. The van der Waals surface area contributed by atoms with Crippen LogP contribution >= 0.6 is 0 Å². The summed E-state index contributed by atoms with van der Waals surface area (Å²) in [4.78, 5) is 28.5. The quantitative estimate of drug-likeness (QED) is 0.214. The summed E-state index contributed by atoms with van der Waals surface area (Å²) in [5, 5.41) is 2.46. The fraction of sp³-hybridized carbons (Fsp3) is 0.0556. The van der Waals surface area contributed by atoms with Gasteiger partial charge in [-0.2, -0.15) is 9.97 Å². The molecule has 5 aromatic carbocycles. The summed E-state index contributed by atoms with van der Waals surface area (Å²) in [5.41, 5.74) is 4.45. The minimum atomic E-state index is -0.171. The van der Waals surface area contributed by atoms with Crippen LogP contribution in [-0.4, -0.2) is 19.5 Å². The van der Waals surface area contributed by atoms with Gasteiger partial charge in [-0.3, -0.25) is 4.79 Å². The van der Waals surface area contributed by atoms with Crippen molar-refractivity contribution in [3.8, 4) is 39.9 Å². The van der Waals surface area contributed by atoms with Crippen LogP contribution in [0, 0.1) is 0 Å². The minimum absolute atomic E-state index is 0.171. The molecule has 0 N–H and O–H groups in total. The number of nitrogens with zero attached hydrogens (tertiary/aromatic N) is 4. The van der Waals surface area contributed by atoms with Gasteiger partial charge in [0, 0.05) is 21.9 Å². The summed E-state index contributed by atoms with van der Waals surface area (Å²) >= 11 is 0. The predicted octanol–water partition coefficient (Wildman–Crippen LogP) is 8.36. The van der Waals surface area contributed by atoms with Gasteiger partial charge < -0.3 is 0 Å². The molecule has 0 saturated heterocycles. The average Bonchev–Trinajstić information content (AvgIpc) is 3.07. The lowest BCUT2D eigenvalue weighted by atomic mass is 10.00. The van der Waals surface area contributed by atoms with Gasteiger partial charge in [0.1, 0.15) is 0 Å². The molecule has 198 valence electrons. The van der Waals surface area contributed by atoms with Gasteiger partial charge in [-0.1, -0.05) is 129 Å². The van der Waals surface area contributed by atoms with Crippen molar-refractivity contribution in [3.05, 3.63) is 144 Å². The van der Waals surface area contributed by atoms with E-state index in [0.29, 0.717) is 17.0 Å². The van der Waals surface area contributed by atoms with Crippen LogP contribution in [0.2, 0.25) is 0 Å². The van der Waals surface area contributed by atoms with Crippen LogP contribution in [0.1, 0.15) is 13.8 Å². The first kappa shape index (κ1) is 25.8. The Bertz CT molecular complexity index is 1960. The monoisotopic (exact) mass is 532 g/mol. The van der Waals surface area contributed by atoms with E-state index in [4.69, 9.17) is 15.0 Å². The highest BCUT2D eigenvalue weighted by Gasteiger charge is 2.18. The van der Waals surface area contributed by atoms with E-state index in [9.17, 15) is 4.79 Å². The van der Waals surface area contributed by atoms with E-state index in [1.54, 1.807) is 4.57 Å². The maximum absolute atomic E-state index is 14.1. The van der Waals surface area contributed by atoms with Gasteiger partial charge in [-0.25, -0.2) is 9.55 Å². The van der Waals surface area contributed by atoms with Gasteiger partial charge in [0.05, 0.1) is 5.52 Å². The molecule has 0 bridgehead atoms. The van der Waals surface area contributed by atoms with Gasteiger partial charge in [-0.15, -0.1) is 0 Å². The normalized spacial score (nSPS) is 10.8. The highest BCUT2D eigenvalue weighted by Crippen LogP contribution is 2.30. The third-order valence-corrected chi connectivity index (χ3v) is 6.88. The van der Waals surface area contributed by atoms with Crippen molar-refractivity contribution >= 4 is 21.7 Å². The Morgan fingerprint density at radius 1 is 0.463 bits per heavy atom. The summed E-state index contributed by atoms with van der Waals surface area (Å²) in [7, 11) is 0. The summed E-state index contributed by atoms with van der Waals surface area (Å²) in [6.45, 7) is 4.00. The predicted molar refractivity (Wildman–Crippen MR) is 168 cm³/mol. The summed E-state index contributed by atoms with van der Waals surface area (Å²) in [6.07, 6.45) is 0. The molecule has 0 atom stereocenters. The number of benzene rings is 5. The molecule has 0 fully saturated rings. The lowest BCUT2D eigenvalue weighted by Crippen LogP contribution is -2.22. The first-order valence-corrected chi connectivity index (χ1v) is 13.8. The molecule has 2 aromatic heterocycles. The van der Waals surface area contributed by atoms with Gasteiger partial charge in [0.25, 0.3) is 5.56 Å². The number of hydrogen-bond acceptors (Lipinski definition) is 4. The van der Waals surface area contributed by atoms with Crippen LogP contribution in [0.25, 0.3) is 61.5 Å². The number of rotatable bonds is 4. The SMILES string of the molecule is CC.O=c1c2ccccc2c2cc(-c3ccccc3)ccc2n1-c1nc(-c2ccccc2)nc(-c2ccccc2)n1. The van der Waals surface area contributed by atoms with Crippen molar-refractivity contribution in [2.24, 2.45) is 0 Å². The molecule has 0 spiro atoms. The Morgan fingerprint density at radius 3 is 1.51 bits per heavy atom. The molecule has 5 nitrogen and oxygen atoms in total. The lowest BCUT2D eigenvalue weighted by molar-refractivity contribution is 0.907. The minimum Gasteiger partial charge on any atom is -0.268 e. The van der Waals surface area contributed by atoms with Crippen molar-refractivity contribution in [1.82, 2.24) is 19.5 Å². The first-order chi connectivity index (χ1) is 20.3. The molecule has 0 radical (unpaired) electrons.